The highest BCUT2D eigenvalue weighted by molar-refractivity contribution is 5.77. The average molecular weight is 421 g/mol. The summed E-state index contributed by atoms with van der Waals surface area (Å²) in [7, 11) is 0. The van der Waals surface area contributed by atoms with Crippen LogP contribution in [0.5, 0.6) is 5.75 Å². The molecule has 162 valence electrons. The Kier molecular flexibility index (Phi) is 6.62. The highest BCUT2D eigenvalue weighted by Gasteiger charge is 2.15. The lowest BCUT2D eigenvalue weighted by molar-refractivity contribution is -0.123. The molecule has 2 aromatic carbocycles. The maximum Gasteiger partial charge on any atom is 0.257 e. The van der Waals surface area contributed by atoms with Gasteiger partial charge in [-0.05, 0) is 41.8 Å². The number of nitrogens with one attached hydrogen (secondary N) is 1. The van der Waals surface area contributed by atoms with Gasteiger partial charge < -0.3 is 14.6 Å². The van der Waals surface area contributed by atoms with Gasteiger partial charge in [0.2, 0.25) is 0 Å². The van der Waals surface area contributed by atoms with Gasteiger partial charge in [0.15, 0.2) is 12.4 Å². The Bertz CT molecular complexity index is 1010. The largest absolute Gasteiger partial charge is 0.484 e. The molecule has 1 N–H and O–H groups in total. The van der Waals surface area contributed by atoms with Gasteiger partial charge >= 0.3 is 0 Å². The van der Waals surface area contributed by atoms with Crippen molar-refractivity contribution in [2.24, 2.45) is 0 Å². The van der Waals surface area contributed by atoms with Gasteiger partial charge in [-0.15, -0.1) is 0 Å². The predicted octanol–water partition coefficient (Wildman–Crippen LogP) is 3.41. The van der Waals surface area contributed by atoms with E-state index in [-0.39, 0.29) is 18.4 Å². The summed E-state index contributed by atoms with van der Waals surface area (Å²) in [6, 6.07) is 15.8. The lowest BCUT2D eigenvalue weighted by Gasteiger charge is -2.28. The summed E-state index contributed by atoms with van der Waals surface area (Å²) in [5.74, 6) is 1.87. The Morgan fingerprint density at radius 3 is 2.68 bits per heavy atom. The number of ether oxygens (including phenoxy) is 1. The van der Waals surface area contributed by atoms with Crippen LogP contribution >= 0.6 is 0 Å². The summed E-state index contributed by atoms with van der Waals surface area (Å²) in [5, 5.41) is 6.91. The number of nitrogens with zero attached hydrogens (tertiary/aromatic N) is 3. The highest BCUT2D eigenvalue weighted by Crippen LogP contribution is 2.22. The van der Waals surface area contributed by atoms with Gasteiger partial charge in [0.05, 0.1) is 0 Å². The van der Waals surface area contributed by atoms with Crippen molar-refractivity contribution in [3.63, 3.8) is 0 Å². The Balaban J connectivity index is 1.18. The van der Waals surface area contributed by atoms with Crippen molar-refractivity contribution in [2.45, 2.75) is 32.7 Å². The Labute approximate surface area is 182 Å². The van der Waals surface area contributed by atoms with E-state index in [2.05, 4.69) is 44.6 Å². The Morgan fingerprint density at radius 2 is 1.94 bits per heavy atom. The van der Waals surface area contributed by atoms with Gasteiger partial charge in [-0.2, -0.15) is 4.98 Å². The smallest absolute Gasteiger partial charge is 0.257 e. The number of fused-ring (bicyclic) bond motifs is 1. The molecule has 7 heteroatoms. The summed E-state index contributed by atoms with van der Waals surface area (Å²) >= 11 is 0. The molecule has 2 heterocycles. The minimum atomic E-state index is -0.125. The van der Waals surface area contributed by atoms with Crippen LogP contribution in [0.25, 0.3) is 11.5 Å². The summed E-state index contributed by atoms with van der Waals surface area (Å²) in [5.41, 5.74) is 3.63. The fraction of sp³-hybridized carbons (Fsp3) is 0.375. The number of rotatable bonds is 8. The van der Waals surface area contributed by atoms with Crippen molar-refractivity contribution >= 4 is 5.91 Å². The van der Waals surface area contributed by atoms with Crippen LogP contribution in [0.4, 0.5) is 0 Å². The average Bonchev–Trinajstić information content (AvgIpc) is 3.29. The standard InChI is InChI=1S/C24H28N4O3/c1-17(2)23-26-24(31-27-23)19-7-9-21(10-8-19)30-16-22(29)25-12-14-28-13-11-18-5-3-4-6-20(18)15-28/h3-10,17H,11-16H2,1-2H3,(H,25,29). The fourth-order valence-electron chi connectivity index (χ4n) is 3.58. The topological polar surface area (TPSA) is 80.5 Å². The van der Waals surface area contributed by atoms with E-state index in [0.29, 0.717) is 24.0 Å². The molecule has 1 amide bonds. The van der Waals surface area contributed by atoms with E-state index in [1.165, 1.54) is 11.1 Å². The molecule has 0 fully saturated rings. The van der Waals surface area contributed by atoms with Gasteiger partial charge in [-0.1, -0.05) is 43.3 Å². The number of hydrogen-bond donors (Lipinski definition) is 1. The van der Waals surface area contributed by atoms with Gasteiger partial charge in [0.25, 0.3) is 11.8 Å². The second-order valence-electron chi connectivity index (χ2n) is 8.07. The normalized spacial score (nSPS) is 13.8. The molecule has 0 atom stereocenters. The number of amides is 1. The summed E-state index contributed by atoms with van der Waals surface area (Å²) in [6.45, 7) is 7.42. The molecule has 1 aromatic heterocycles. The zero-order valence-electron chi connectivity index (χ0n) is 18.0. The van der Waals surface area contributed by atoms with E-state index in [1.807, 2.05) is 26.0 Å². The van der Waals surface area contributed by atoms with Crippen molar-refractivity contribution in [3.8, 4) is 17.2 Å². The lowest BCUT2D eigenvalue weighted by Crippen LogP contribution is -2.39. The molecule has 0 aliphatic carbocycles. The number of aromatic nitrogens is 2. The van der Waals surface area contributed by atoms with Gasteiger partial charge in [-0.25, -0.2) is 0 Å². The van der Waals surface area contributed by atoms with Gasteiger partial charge in [0.1, 0.15) is 5.75 Å². The van der Waals surface area contributed by atoms with E-state index in [1.54, 1.807) is 12.1 Å². The first kappa shape index (κ1) is 21.1. The molecular formula is C24H28N4O3. The van der Waals surface area contributed by atoms with Crippen LogP contribution in [0.3, 0.4) is 0 Å². The Hall–Kier alpha value is -3.19. The summed E-state index contributed by atoms with van der Waals surface area (Å²) < 4.78 is 10.9. The molecule has 0 radical (unpaired) electrons. The lowest BCUT2D eigenvalue weighted by atomic mass is 10.00. The van der Waals surface area contributed by atoms with Crippen molar-refractivity contribution < 1.29 is 14.1 Å². The summed E-state index contributed by atoms with van der Waals surface area (Å²) in [6.07, 6.45) is 1.06. The molecule has 0 unspecified atom stereocenters. The number of carbonyl (C=O) groups excluding carboxylic acids is 1. The van der Waals surface area contributed by atoms with Crippen LogP contribution in [0.15, 0.2) is 53.1 Å². The maximum absolute atomic E-state index is 12.1. The predicted molar refractivity (Wildman–Crippen MR) is 118 cm³/mol. The van der Waals surface area contributed by atoms with Crippen molar-refractivity contribution in [3.05, 3.63) is 65.5 Å². The van der Waals surface area contributed by atoms with Crippen LogP contribution in [0.1, 0.15) is 36.7 Å². The first-order valence-corrected chi connectivity index (χ1v) is 10.7. The fourth-order valence-corrected chi connectivity index (χ4v) is 3.58. The quantitative estimate of drug-likeness (QED) is 0.602. The molecule has 0 spiro atoms. The van der Waals surface area contributed by atoms with Gasteiger partial charge in [-0.3, -0.25) is 9.69 Å². The van der Waals surface area contributed by atoms with Crippen LogP contribution in [0.2, 0.25) is 0 Å². The molecule has 0 saturated carbocycles. The van der Waals surface area contributed by atoms with Crippen LogP contribution in [-0.2, 0) is 17.8 Å². The van der Waals surface area contributed by atoms with Crippen molar-refractivity contribution in [2.75, 3.05) is 26.2 Å². The van der Waals surface area contributed by atoms with E-state index in [9.17, 15) is 4.79 Å². The molecular weight excluding hydrogens is 392 g/mol. The summed E-state index contributed by atoms with van der Waals surface area (Å²) in [4.78, 5) is 18.9. The number of carbonyl (C=O) groups is 1. The van der Waals surface area contributed by atoms with Crippen LogP contribution in [0, 0.1) is 0 Å². The van der Waals surface area contributed by atoms with Crippen LogP contribution < -0.4 is 10.1 Å². The molecule has 1 aliphatic heterocycles. The Morgan fingerprint density at radius 1 is 1.16 bits per heavy atom. The third-order valence-corrected chi connectivity index (χ3v) is 5.39. The SMILES string of the molecule is CC(C)c1noc(-c2ccc(OCC(=O)NCCN3CCc4ccccc4C3)cc2)n1. The van der Waals surface area contributed by atoms with E-state index >= 15 is 0 Å². The van der Waals surface area contributed by atoms with E-state index in [0.717, 1.165) is 31.6 Å². The monoisotopic (exact) mass is 420 g/mol. The zero-order chi connectivity index (χ0) is 21.6. The molecule has 3 aromatic rings. The highest BCUT2D eigenvalue weighted by atomic mass is 16.5. The zero-order valence-corrected chi connectivity index (χ0v) is 18.0. The van der Waals surface area contributed by atoms with Crippen molar-refractivity contribution in [1.82, 2.24) is 20.4 Å². The second kappa shape index (κ2) is 9.75. The number of benzene rings is 2. The molecule has 0 bridgehead atoms. The van der Waals surface area contributed by atoms with Crippen LogP contribution in [-0.4, -0.2) is 47.2 Å². The third kappa shape index (κ3) is 5.49. The van der Waals surface area contributed by atoms with E-state index in [4.69, 9.17) is 9.26 Å². The molecule has 0 saturated heterocycles. The molecule has 7 nitrogen and oxygen atoms in total. The number of hydrogen-bond acceptors (Lipinski definition) is 6. The van der Waals surface area contributed by atoms with Crippen molar-refractivity contribution in [1.29, 1.82) is 0 Å². The minimum Gasteiger partial charge on any atom is -0.484 e. The third-order valence-electron chi connectivity index (χ3n) is 5.39. The molecule has 31 heavy (non-hydrogen) atoms. The second-order valence-corrected chi connectivity index (χ2v) is 8.07. The molecule has 4 rings (SSSR count). The maximum atomic E-state index is 12.1. The van der Waals surface area contributed by atoms with E-state index < -0.39 is 0 Å². The first-order chi connectivity index (χ1) is 15.1. The first-order valence-electron chi connectivity index (χ1n) is 10.7. The molecule has 1 aliphatic rings. The minimum absolute atomic E-state index is 0.0137. The van der Waals surface area contributed by atoms with Gasteiger partial charge in [0, 0.05) is 37.7 Å².